The molecule has 0 radical (unpaired) electrons. The Kier molecular flexibility index (Phi) is 6.77. The normalized spacial score (nSPS) is 17.6. The Balaban J connectivity index is 1.55. The van der Waals surface area contributed by atoms with E-state index in [0.29, 0.717) is 47.4 Å². The van der Waals surface area contributed by atoms with Gasteiger partial charge >= 0.3 is 0 Å². The molecule has 0 N–H and O–H groups in total. The van der Waals surface area contributed by atoms with Crippen LogP contribution in [-0.2, 0) is 12.8 Å². The lowest BCUT2D eigenvalue weighted by Gasteiger charge is -2.25. The molecule has 2 nitrogen and oxygen atoms in total. The average Bonchev–Trinajstić information content (AvgIpc) is 2.78. The summed E-state index contributed by atoms with van der Waals surface area (Å²) < 4.78 is 69.7. The van der Waals surface area contributed by atoms with Crippen LogP contribution >= 0.6 is 0 Å². The largest absolute Gasteiger partial charge is 0.486 e. The van der Waals surface area contributed by atoms with E-state index < -0.39 is 17.5 Å². The molecule has 1 heterocycles. The number of allylic oxidation sites excluding steroid dienone is 1. The van der Waals surface area contributed by atoms with Crippen LogP contribution in [0.3, 0.4) is 0 Å². The molecule has 32 heavy (non-hydrogen) atoms. The summed E-state index contributed by atoms with van der Waals surface area (Å²) >= 11 is 0. The first-order chi connectivity index (χ1) is 15.4. The highest BCUT2D eigenvalue weighted by atomic mass is 19.2. The zero-order chi connectivity index (χ0) is 22.8. The Bertz CT molecular complexity index is 1040. The van der Waals surface area contributed by atoms with Crippen LogP contribution in [0.25, 0.3) is 0 Å². The van der Waals surface area contributed by atoms with Crippen LogP contribution in [0.2, 0.25) is 0 Å². The van der Waals surface area contributed by atoms with Crippen molar-refractivity contribution in [1.29, 1.82) is 0 Å². The predicted molar refractivity (Wildman–Crippen MR) is 116 cm³/mol. The summed E-state index contributed by atoms with van der Waals surface area (Å²) in [5, 5.41) is 0. The molecule has 1 aliphatic carbocycles. The van der Waals surface area contributed by atoms with Crippen LogP contribution in [-0.4, -0.2) is 6.61 Å². The van der Waals surface area contributed by atoms with Crippen molar-refractivity contribution in [3.63, 3.8) is 0 Å². The lowest BCUT2D eigenvalue weighted by Crippen LogP contribution is -2.14. The maximum absolute atomic E-state index is 14.8. The maximum atomic E-state index is 14.8. The van der Waals surface area contributed by atoms with Gasteiger partial charge in [0, 0.05) is 24.0 Å². The van der Waals surface area contributed by atoms with Crippen molar-refractivity contribution in [2.24, 2.45) is 5.92 Å². The summed E-state index contributed by atoms with van der Waals surface area (Å²) in [5.74, 6) is -3.49. The minimum atomic E-state index is -1.22. The van der Waals surface area contributed by atoms with Gasteiger partial charge in [0.25, 0.3) is 0 Å². The maximum Gasteiger partial charge on any atom is 0.205 e. The van der Waals surface area contributed by atoms with Gasteiger partial charge in [-0.15, -0.1) is 0 Å². The van der Waals surface area contributed by atoms with Crippen LogP contribution in [0, 0.1) is 23.4 Å². The van der Waals surface area contributed by atoms with Gasteiger partial charge in [0.1, 0.15) is 12.4 Å². The zero-order valence-corrected chi connectivity index (χ0v) is 18.5. The Hall–Kier alpha value is -2.50. The van der Waals surface area contributed by atoms with E-state index in [1.807, 2.05) is 6.92 Å². The van der Waals surface area contributed by atoms with Gasteiger partial charge < -0.3 is 9.47 Å². The first-order valence-corrected chi connectivity index (χ1v) is 11.4. The van der Waals surface area contributed by atoms with E-state index in [1.54, 1.807) is 12.1 Å². The van der Waals surface area contributed by atoms with Crippen LogP contribution in [0.5, 0.6) is 17.2 Å². The third-order valence-corrected chi connectivity index (χ3v) is 6.37. The number of aryl methyl sites for hydroxylation is 1. The van der Waals surface area contributed by atoms with Crippen molar-refractivity contribution >= 4 is 0 Å². The molecule has 6 heteroatoms. The molecule has 0 amide bonds. The summed E-state index contributed by atoms with van der Waals surface area (Å²) in [5.41, 5.74) is 1.92. The minimum absolute atomic E-state index is 0.0496. The SMILES string of the molecule is CCCc1ccc2c(c1F)Oc1c(cc(OCC3=C(F)CC(CCC)CC3)c(F)c1F)C2. The summed E-state index contributed by atoms with van der Waals surface area (Å²) in [6.07, 6.45) is 5.28. The molecule has 0 bridgehead atoms. The highest BCUT2D eigenvalue weighted by Gasteiger charge is 2.29. The lowest BCUT2D eigenvalue weighted by molar-refractivity contribution is 0.290. The molecular weight excluding hydrogens is 420 g/mol. The predicted octanol–water partition coefficient (Wildman–Crippen LogP) is 7.96. The third kappa shape index (κ3) is 4.37. The van der Waals surface area contributed by atoms with Gasteiger partial charge in [-0.2, -0.15) is 8.78 Å². The third-order valence-electron chi connectivity index (χ3n) is 6.37. The molecule has 1 unspecified atom stereocenters. The topological polar surface area (TPSA) is 18.5 Å². The van der Waals surface area contributed by atoms with Gasteiger partial charge in [0.05, 0.1) is 0 Å². The minimum Gasteiger partial charge on any atom is -0.486 e. The van der Waals surface area contributed by atoms with Gasteiger partial charge in [0.15, 0.2) is 23.1 Å². The standard InChI is InChI=1S/C26H28F4O2/c1-3-5-15-7-8-18(20(27)11-15)14-31-21-13-19-12-17-10-9-16(6-4-2)22(28)25(17)32-26(19)24(30)23(21)29/h9-10,13,15H,3-8,11-12,14H2,1-2H3. The zero-order valence-electron chi connectivity index (χ0n) is 18.5. The highest BCUT2D eigenvalue weighted by Crippen LogP contribution is 2.44. The van der Waals surface area contributed by atoms with Crippen molar-refractivity contribution in [3.8, 4) is 17.2 Å². The fraction of sp³-hybridized carbons (Fsp3) is 0.462. The van der Waals surface area contributed by atoms with Gasteiger partial charge in [-0.3, -0.25) is 0 Å². The molecule has 0 spiro atoms. The van der Waals surface area contributed by atoms with Gasteiger partial charge in [-0.1, -0.05) is 45.2 Å². The molecule has 1 atom stereocenters. The molecule has 0 fully saturated rings. The number of hydrogen-bond acceptors (Lipinski definition) is 2. The van der Waals surface area contributed by atoms with Crippen molar-refractivity contribution in [3.05, 3.63) is 63.7 Å². The van der Waals surface area contributed by atoms with Crippen LogP contribution in [0.4, 0.5) is 17.6 Å². The second-order valence-electron chi connectivity index (χ2n) is 8.74. The summed E-state index contributed by atoms with van der Waals surface area (Å²) in [6, 6.07) is 4.83. The molecule has 1 aliphatic heterocycles. The first-order valence-electron chi connectivity index (χ1n) is 11.4. The molecule has 4 rings (SSSR count). The second-order valence-corrected chi connectivity index (χ2v) is 8.74. The second kappa shape index (κ2) is 9.55. The number of halogens is 4. The Labute approximate surface area is 186 Å². The number of rotatable bonds is 7. The van der Waals surface area contributed by atoms with Crippen molar-refractivity contribution < 1.29 is 27.0 Å². The van der Waals surface area contributed by atoms with E-state index in [4.69, 9.17) is 9.47 Å². The highest BCUT2D eigenvalue weighted by molar-refractivity contribution is 5.54. The number of fused-ring (bicyclic) bond motifs is 2. The summed E-state index contributed by atoms with van der Waals surface area (Å²) in [4.78, 5) is 0. The molecule has 2 aliphatic rings. The van der Waals surface area contributed by atoms with Gasteiger partial charge in [0.2, 0.25) is 11.6 Å². The fourth-order valence-electron chi connectivity index (χ4n) is 4.62. The summed E-state index contributed by atoms with van der Waals surface area (Å²) in [7, 11) is 0. The Morgan fingerprint density at radius 2 is 1.75 bits per heavy atom. The van der Waals surface area contributed by atoms with E-state index in [-0.39, 0.29) is 36.1 Å². The first kappa shape index (κ1) is 22.7. The van der Waals surface area contributed by atoms with E-state index in [0.717, 1.165) is 25.7 Å². The van der Waals surface area contributed by atoms with Crippen molar-refractivity contribution in [2.75, 3.05) is 6.61 Å². The molecule has 0 aromatic heterocycles. The van der Waals surface area contributed by atoms with Gasteiger partial charge in [-0.25, -0.2) is 8.78 Å². The monoisotopic (exact) mass is 448 g/mol. The van der Waals surface area contributed by atoms with E-state index >= 15 is 0 Å². The van der Waals surface area contributed by atoms with E-state index in [2.05, 4.69) is 6.92 Å². The number of benzene rings is 2. The van der Waals surface area contributed by atoms with Crippen molar-refractivity contribution in [2.45, 2.75) is 65.2 Å². The van der Waals surface area contributed by atoms with Crippen LogP contribution in [0.15, 0.2) is 29.6 Å². The molecule has 2 aromatic rings. The summed E-state index contributed by atoms with van der Waals surface area (Å²) in [6.45, 7) is 3.89. The van der Waals surface area contributed by atoms with E-state index in [9.17, 15) is 17.6 Å². The number of ether oxygens (including phenoxy) is 2. The Morgan fingerprint density at radius 3 is 2.47 bits per heavy atom. The van der Waals surface area contributed by atoms with Crippen LogP contribution < -0.4 is 9.47 Å². The lowest BCUT2D eigenvalue weighted by atomic mass is 9.86. The number of hydrogen-bond donors (Lipinski definition) is 0. The smallest absolute Gasteiger partial charge is 0.205 e. The molecular formula is C26H28F4O2. The van der Waals surface area contributed by atoms with Gasteiger partial charge in [-0.05, 0) is 42.4 Å². The molecule has 2 aromatic carbocycles. The van der Waals surface area contributed by atoms with Crippen molar-refractivity contribution in [1.82, 2.24) is 0 Å². The fourth-order valence-corrected chi connectivity index (χ4v) is 4.62. The van der Waals surface area contributed by atoms with E-state index in [1.165, 1.54) is 6.07 Å². The Morgan fingerprint density at radius 1 is 0.969 bits per heavy atom. The molecule has 0 saturated heterocycles. The van der Waals surface area contributed by atoms with Crippen LogP contribution in [0.1, 0.15) is 69.1 Å². The molecule has 0 saturated carbocycles. The quantitative estimate of drug-likeness (QED) is 0.341. The average molecular weight is 449 g/mol. The molecule has 172 valence electrons.